The minimum atomic E-state index is -0.668. The van der Waals surface area contributed by atoms with E-state index in [1.165, 1.54) is 16.6 Å². The number of carbonyl (C=O) groups is 1. The number of hydrogen-bond donors (Lipinski definition) is 2. The molecule has 1 amide bonds. The topological polar surface area (TPSA) is 114 Å². The third-order valence-electron chi connectivity index (χ3n) is 5.27. The number of anilines is 1. The zero-order valence-corrected chi connectivity index (χ0v) is 21.0. The molecule has 180 valence electrons. The van der Waals surface area contributed by atoms with E-state index in [0.29, 0.717) is 17.0 Å². The van der Waals surface area contributed by atoms with Gasteiger partial charge in [0.05, 0.1) is 6.07 Å². The Balaban J connectivity index is 2.25. The van der Waals surface area contributed by atoms with Crippen molar-refractivity contribution in [1.29, 1.82) is 10.5 Å². The summed E-state index contributed by atoms with van der Waals surface area (Å²) in [5.41, 5.74) is 1.60. The summed E-state index contributed by atoms with van der Waals surface area (Å²) >= 11 is 1.07. The van der Waals surface area contributed by atoms with E-state index in [2.05, 4.69) is 48.6 Å². The molecule has 1 aromatic carbocycles. The molecule has 2 N–H and O–H groups in total. The van der Waals surface area contributed by atoms with Crippen molar-refractivity contribution in [3.8, 4) is 12.1 Å². The molecule has 0 aliphatic rings. The Bertz CT molecular complexity index is 1250. The Hall–Kier alpha value is -3.40. The maximum absolute atomic E-state index is 12.8. The van der Waals surface area contributed by atoms with Crippen molar-refractivity contribution in [3.05, 3.63) is 49.4 Å². The predicted octanol–water partition coefficient (Wildman–Crippen LogP) is 1.61. The molecule has 1 heterocycles. The summed E-state index contributed by atoms with van der Waals surface area (Å²) in [6.45, 7) is 8.38. The SMILES string of the molecule is CCn1c(=C(C#N)C(=O)NCC#N)sc(=CNc2cccc(CCN(C)CCC(C)C)c2)c1=O. The van der Waals surface area contributed by atoms with Crippen LogP contribution >= 0.6 is 11.3 Å². The first kappa shape index (κ1) is 26.8. The Morgan fingerprint density at radius 3 is 2.71 bits per heavy atom. The van der Waals surface area contributed by atoms with Crippen LogP contribution < -0.4 is 25.4 Å². The van der Waals surface area contributed by atoms with Gasteiger partial charge < -0.3 is 15.5 Å². The van der Waals surface area contributed by atoms with Crippen molar-refractivity contribution < 1.29 is 4.79 Å². The number of aromatic nitrogens is 1. The van der Waals surface area contributed by atoms with Gasteiger partial charge in [0.15, 0.2) is 5.57 Å². The predicted molar refractivity (Wildman–Crippen MR) is 136 cm³/mol. The normalized spacial score (nSPS) is 12.4. The molecule has 0 spiro atoms. The van der Waals surface area contributed by atoms with E-state index >= 15 is 0 Å². The molecule has 2 aromatic rings. The van der Waals surface area contributed by atoms with E-state index in [1.807, 2.05) is 18.2 Å². The average molecular weight is 481 g/mol. The molecular formula is C25H32N6O2S. The van der Waals surface area contributed by atoms with Crippen molar-refractivity contribution in [1.82, 2.24) is 14.8 Å². The van der Waals surface area contributed by atoms with Crippen LogP contribution in [0.25, 0.3) is 11.8 Å². The minimum Gasteiger partial charge on any atom is -0.360 e. The minimum absolute atomic E-state index is 0.178. The van der Waals surface area contributed by atoms with Crippen LogP contribution in [0.4, 0.5) is 5.69 Å². The summed E-state index contributed by atoms with van der Waals surface area (Å²) in [5, 5.41) is 23.7. The second kappa shape index (κ2) is 13.3. The van der Waals surface area contributed by atoms with Crippen LogP contribution in [0, 0.1) is 28.6 Å². The summed E-state index contributed by atoms with van der Waals surface area (Å²) in [7, 11) is 2.14. The first-order valence-corrected chi connectivity index (χ1v) is 12.2. The molecule has 0 fully saturated rings. The van der Waals surface area contributed by atoms with Crippen LogP contribution in [0.15, 0.2) is 29.1 Å². The number of nitriles is 2. The highest BCUT2D eigenvalue weighted by Gasteiger charge is 2.14. The van der Waals surface area contributed by atoms with Gasteiger partial charge in [0.2, 0.25) is 0 Å². The van der Waals surface area contributed by atoms with Gasteiger partial charge in [-0.3, -0.25) is 14.2 Å². The van der Waals surface area contributed by atoms with E-state index in [0.717, 1.165) is 36.5 Å². The van der Waals surface area contributed by atoms with Crippen LogP contribution in [-0.2, 0) is 17.8 Å². The number of amides is 1. The maximum Gasteiger partial charge on any atom is 0.270 e. The quantitative estimate of drug-likeness (QED) is 0.473. The van der Waals surface area contributed by atoms with E-state index in [1.54, 1.807) is 19.2 Å². The summed E-state index contributed by atoms with van der Waals surface area (Å²) in [5.74, 6) is 0.0208. The fraction of sp³-hybridized carbons (Fsp3) is 0.440. The van der Waals surface area contributed by atoms with E-state index < -0.39 is 5.91 Å². The Kier molecular flexibility index (Phi) is 10.5. The van der Waals surface area contributed by atoms with Gasteiger partial charge in [-0.1, -0.05) is 26.0 Å². The number of thiazole rings is 1. The Labute approximate surface area is 204 Å². The largest absolute Gasteiger partial charge is 0.360 e. The van der Waals surface area contributed by atoms with Crippen LogP contribution in [-0.4, -0.2) is 42.1 Å². The highest BCUT2D eigenvalue weighted by Crippen LogP contribution is 2.12. The van der Waals surface area contributed by atoms with Gasteiger partial charge in [-0.25, -0.2) is 0 Å². The number of carbonyl (C=O) groups excluding carboxylic acids is 1. The second-order valence-electron chi connectivity index (χ2n) is 8.37. The fourth-order valence-corrected chi connectivity index (χ4v) is 4.36. The molecule has 0 aliphatic carbocycles. The Morgan fingerprint density at radius 2 is 2.06 bits per heavy atom. The van der Waals surface area contributed by atoms with Gasteiger partial charge in [0, 0.05) is 25.0 Å². The first-order valence-electron chi connectivity index (χ1n) is 11.3. The summed E-state index contributed by atoms with van der Waals surface area (Å²) in [4.78, 5) is 27.4. The molecule has 0 bridgehead atoms. The number of benzene rings is 1. The molecule has 1 aromatic heterocycles. The lowest BCUT2D eigenvalue weighted by Gasteiger charge is -2.17. The standard InChI is InChI=1S/C25H32N6O2S/c1-5-31-24(33)22(34-25(31)21(16-27)23(32)28-12-11-26)17-29-20-8-6-7-19(15-20)10-14-30(4)13-9-18(2)3/h6-8,15,17-18,29H,5,9-10,12-14H2,1-4H3,(H,28,32). The zero-order chi connectivity index (χ0) is 25.1. The van der Waals surface area contributed by atoms with E-state index in [-0.39, 0.29) is 22.3 Å². The lowest BCUT2D eigenvalue weighted by molar-refractivity contribution is -0.115. The molecule has 0 atom stereocenters. The average Bonchev–Trinajstić information content (AvgIpc) is 3.14. The molecule has 2 rings (SSSR count). The van der Waals surface area contributed by atoms with Crippen LogP contribution in [0.1, 0.15) is 32.8 Å². The van der Waals surface area contributed by atoms with Gasteiger partial charge >= 0.3 is 0 Å². The highest BCUT2D eigenvalue weighted by atomic mass is 32.1. The van der Waals surface area contributed by atoms with E-state index in [4.69, 9.17) is 5.26 Å². The van der Waals surface area contributed by atoms with Crippen LogP contribution in [0.5, 0.6) is 0 Å². The lowest BCUT2D eigenvalue weighted by atomic mass is 10.1. The van der Waals surface area contributed by atoms with Crippen LogP contribution in [0.3, 0.4) is 0 Å². The van der Waals surface area contributed by atoms with Gasteiger partial charge in [0.25, 0.3) is 11.5 Å². The maximum atomic E-state index is 12.8. The van der Waals surface area contributed by atoms with Gasteiger partial charge in [-0.05, 0) is 57.0 Å². The van der Waals surface area contributed by atoms with Crippen molar-refractivity contribution in [2.75, 3.05) is 32.0 Å². The molecule has 0 unspecified atom stereocenters. The molecule has 9 heteroatoms. The number of hydrogen-bond acceptors (Lipinski definition) is 7. The molecule has 0 saturated carbocycles. The van der Waals surface area contributed by atoms with Crippen molar-refractivity contribution in [2.24, 2.45) is 5.92 Å². The molecule has 8 nitrogen and oxygen atoms in total. The second-order valence-corrected chi connectivity index (χ2v) is 9.40. The summed E-state index contributed by atoms with van der Waals surface area (Å²) in [6, 6.07) is 11.7. The number of nitrogens with one attached hydrogen (secondary N) is 2. The summed E-state index contributed by atoms with van der Waals surface area (Å²) < 4.78 is 2.06. The number of nitrogens with zero attached hydrogens (tertiary/aromatic N) is 4. The molecular weight excluding hydrogens is 448 g/mol. The number of rotatable bonds is 11. The van der Waals surface area contributed by atoms with Crippen molar-refractivity contribution in [2.45, 2.75) is 40.2 Å². The van der Waals surface area contributed by atoms with Crippen LogP contribution in [0.2, 0.25) is 0 Å². The van der Waals surface area contributed by atoms with E-state index in [9.17, 15) is 14.9 Å². The van der Waals surface area contributed by atoms with Gasteiger partial charge in [0.1, 0.15) is 21.8 Å². The molecule has 0 aliphatic heterocycles. The third-order valence-corrected chi connectivity index (χ3v) is 6.40. The zero-order valence-electron chi connectivity index (χ0n) is 20.2. The van der Waals surface area contributed by atoms with Gasteiger partial charge in [-0.15, -0.1) is 11.3 Å². The smallest absolute Gasteiger partial charge is 0.270 e. The molecule has 0 radical (unpaired) electrons. The summed E-state index contributed by atoms with van der Waals surface area (Å²) in [6.07, 6.45) is 3.71. The third kappa shape index (κ3) is 7.58. The highest BCUT2D eigenvalue weighted by molar-refractivity contribution is 7.07. The lowest BCUT2D eigenvalue weighted by Crippen LogP contribution is -2.34. The van der Waals surface area contributed by atoms with Crippen molar-refractivity contribution in [3.63, 3.8) is 0 Å². The molecule has 0 saturated heterocycles. The fourth-order valence-electron chi connectivity index (χ4n) is 3.27. The first-order chi connectivity index (χ1) is 16.3. The monoisotopic (exact) mass is 480 g/mol. The van der Waals surface area contributed by atoms with Crippen molar-refractivity contribution >= 4 is 34.7 Å². The number of likely N-dealkylation sites (N-methyl/N-ethyl adjacent to an activating group) is 1. The Morgan fingerprint density at radius 1 is 1.29 bits per heavy atom. The van der Waals surface area contributed by atoms with Gasteiger partial charge in [-0.2, -0.15) is 10.5 Å². The molecule has 34 heavy (non-hydrogen) atoms.